The summed E-state index contributed by atoms with van der Waals surface area (Å²) in [4.78, 5) is 11.0. The largest absolute Gasteiger partial charge is 0.480 e. The Kier molecular flexibility index (Phi) is 8.26. The van der Waals surface area contributed by atoms with E-state index in [0.717, 1.165) is 32.1 Å². The zero-order valence-corrected chi connectivity index (χ0v) is 11.1. The summed E-state index contributed by atoms with van der Waals surface area (Å²) in [6.45, 7) is 8.54. The average Bonchev–Trinajstić information content (AvgIpc) is 2.23. The van der Waals surface area contributed by atoms with Gasteiger partial charge in [0.25, 0.3) is 0 Å². The van der Waals surface area contributed by atoms with Crippen molar-refractivity contribution in [2.45, 2.75) is 71.9 Å². The SMILES string of the molecule is CCCCC(NC(C)CC(C)CC)C(=O)O. The number of carbonyl (C=O) groups is 1. The van der Waals surface area contributed by atoms with Gasteiger partial charge in [-0.15, -0.1) is 0 Å². The van der Waals surface area contributed by atoms with Gasteiger partial charge in [-0.25, -0.2) is 0 Å². The van der Waals surface area contributed by atoms with Gasteiger partial charge in [0.15, 0.2) is 0 Å². The molecule has 3 unspecified atom stereocenters. The van der Waals surface area contributed by atoms with Crippen molar-refractivity contribution in [1.82, 2.24) is 5.32 Å². The molecule has 0 saturated carbocycles. The minimum atomic E-state index is -0.718. The van der Waals surface area contributed by atoms with Crippen LogP contribution in [0.1, 0.15) is 59.8 Å². The summed E-state index contributed by atoms with van der Waals surface area (Å²) in [5, 5.41) is 12.3. The van der Waals surface area contributed by atoms with Crippen LogP contribution in [0.3, 0.4) is 0 Å². The fourth-order valence-electron chi connectivity index (χ4n) is 1.87. The van der Waals surface area contributed by atoms with E-state index >= 15 is 0 Å². The smallest absolute Gasteiger partial charge is 0.320 e. The van der Waals surface area contributed by atoms with Crippen molar-refractivity contribution in [2.75, 3.05) is 0 Å². The molecule has 0 spiro atoms. The monoisotopic (exact) mass is 229 g/mol. The molecule has 3 atom stereocenters. The van der Waals surface area contributed by atoms with Gasteiger partial charge in [-0.1, -0.05) is 40.0 Å². The molecule has 0 bridgehead atoms. The molecule has 0 rings (SSSR count). The van der Waals surface area contributed by atoms with Crippen LogP contribution >= 0.6 is 0 Å². The number of hydrogen-bond acceptors (Lipinski definition) is 2. The Hall–Kier alpha value is -0.570. The van der Waals surface area contributed by atoms with Crippen molar-refractivity contribution in [3.05, 3.63) is 0 Å². The van der Waals surface area contributed by atoms with Crippen LogP contribution in [0.2, 0.25) is 0 Å². The first-order valence-corrected chi connectivity index (χ1v) is 6.50. The molecule has 16 heavy (non-hydrogen) atoms. The number of hydrogen-bond donors (Lipinski definition) is 2. The first-order valence-electron chi connectivity index (χ1n) is 6.50. The Morgan fingerprint density at radius 2 is 1.94 bits per heavy atom. The molecule has 0 aliphatic rings. The Balaban J connectivity index is 4.02. The van der Waals surface area contributed by atoms with Gasteiger partial charge in [0.05, 0.1) is 0 Å². The maximum Gasteiger partial charge on any atom is 0.320 e. The second-order valence-corrected chi connectivity index (χ2v) is 4.85. The second-order valence-electron chi connectivity index (χ2n) is 4.85. The van der Waals surface area contributed by atoms with Gasteiger partial charge in [0.1, 0.15) is 6.04 Å². The van der Waals surface area contributed by atoms with Crippen LogP contribution in [-0.2, 0) is 4.79 Å². The zero-order chi connectivity index (χ0) is 12.6. The molecular weight excluding hydrogens is 202 g/mol. The molecule has 0 aromatic heterocycles. The highest BCUT2D eigenvalue weighted by molar-refractivity contribution is 5.73. The Labute approximate surface area is 99.6 Å². The van der Waals surface area contributed by atoms with Crippen molar-refractivity contribution in [2.24, 2.45) is 5.92 Å². The molecule has 0 aliphatic carbocycles. The normalized spacial score (nSPS) is 16.8. The summed E-state index contributed by atoms with van der Waals surface area (Å²) < 4.78 is 0. The van der Waals surface area contributed by atoms with Crippen LogP contribution in [0, 0.1) is 5.92 Å². The third-order valence-electron chi connectivity index (χ3n) is 3.08. The number of aliphatic carboxylic acids is 1. The van der Waals surface area contributed by atoms with Crippen LogP contribution in [0.15, 0.2) is 0 Å². The lowest BCUT2D eigenvalue weighted by atomic mass is 9.99. The zero-order valence-electron chi connectivity index (χ0n) is 11.1. The molecule has 0 radical (unpaired) electrons. The van der Waals surface area contributed by atoms with Crippen molar-refractivity contribution in [3.8, 4) is 0 Å². The lowest BCUT2D eigenvalue weighted by Gasteiger charge is -2.22. The van der Waals surface area contributed by atoms with Gasteiger partial charge < -0.3 is 10.4 Å². The third kappa shape index (κ3) is 6.83. The van der Waals surface area contributed by atoms with Gasteiger partial charge in [-0.3, -0.25) is 4.79 Å². The van der Waals surface area contributed by atoms with Crippen LogP contribution in [0.5, 0.6) is 0 Å². The number of carboxylic acids is 1. The van der Waals surface area contributed by atoms with Crippen LogP contribution in [0.4, 0.5) is 0 Å². The fourth-order valence-corrected chi connectivity index (χ4v) is 1.87. The molecule has 0 aliphatic heterocycles. The highest BCUT2D eigenvalue weighted by atomic mass is 16.4. The minimum Gasteiger partial charge on any atom is -0.480 e. The van der Waals surface area contributed by atoms with Gasteiger partial charge in [-0.05, 0) is 25.7 Å². The van der Waals surface area contributed by atoms with Crippen LogP contribution in [0.25, 0.3) is 0 Å². The van der Waals surface area contributed by atoms with E-state index in [1.54, 1.807) is 0 Å². The van der Waals surface area contributed by atoms with E-state index in [0.29, 0.717) is 5.92 Å². The van der Waals surface area contributed by atoms with Crippen LogP contribution < -0.4 is 5.32 Å². The molecular formula is C13H27NO2. The highest BCUT2D eigenvalue weighted by Gasteiger charge is 2.19. The molecule has 0 heterocycles. The molecule has 0 aromatic carbocycles. The summed E-state index contributed by atoms with van der Waals surface area (Å²) in [5.74, 6) is -0.0624. The number of unbranched alkanes of at least 4 members (excludes halogenated alkanes) is 1. The van der Waals surface area contributed by atoms with Crippen molar-refractivity contribution in [1.29, 1.82) is 0 Å². The fraction of sp³-hybridized carbons (Fsp3) is 0.923. The van der Waals surface area contributed by atoms with Crippen molar-refractivity contribution < 1.29 is 9.90 Å². The molecule has 0 aromatic rings. The molecule has 2 N–H and O–H groups in total. The lowest BCUT2D eigenvalue weighted by Crippen LogP contribution is -2.42. The van der Waals surface area contributed by atoms with E-state index in [4.69, 9.17) is 5.11 Å². The van der Waals surface area contributed by atoms with E-state index in [-0.39, 0.29) is 12.1 Å². The third-order valence-corrected chi connectivity index (χ3v) is 3.08. The summed E-state index contributed by atoms with van der Waals surface area (Å²) >= 11 is 0. The second kappa shape index (κ2) is 8.57. The molecule has 96 valence electrons. The summed E-state index contributed by atoms with van der Waals surface area (Å²) in [6, 6.07) is -0.0908. The number of rotatable bonds is 9. The Morgan fingerprint density at radius 1 is 1.31 bits per heavy atom. The topological polar surface area (TPSA) is 49.3 Å². The van der Waals surface area contributed by atoms with E-state index in [2.05, 4.69) is 33.0 Å². The molecule has 3 heteroatoms. The quantitative estimate of drug-likeness (QED) is 0.639. The first-order chi connectivity index (χ1) is 7.51. The van der Waals surface area contributed by atoms with Crippen molar-refractivity contribution in [3.63, 3.8) is 0 Å². The predicted molar refractivity (Wildman–Crippen MR) is 67.6 cm³/mol. The van der Waals surface area contributed by atoms with Gasteiger partial charge >= 0.3 is 5.97 Å². The summed E-state index contributed by atoms with van der Waals surface area (Å²) in [5.41, 5.74) is 0. The van der Waals surface area contributed by atoms with Gasteiger partial charge in [0.2, 0.25) is 0 Å². The Morgan fingerprint density at radius 3 is 2.38 bits per heavy atom. The highest BCUT2D eigenvalue weighted by Crippen LogP contribution is 2.11. The van der Waals surface area contributed by atoms with Gasteiger partial charge in [0, 0.05) is 6.04 Å². The summed E-state index contributed by atoms with van der Waals surface area (Å²) in [7, 11) is 0. The predicted octanol–water partition coefficient (Wildman–Crippen LogP) is 3.04. The van der Waals surface area contributed by atoms with E-state index in [1.807, 2.05) is 0 Å². The first kappa shape index (κ1) is 15.4. The Bertz CT molecular complexity index is 194. The number of nitrogens with one attached hydrogen (secondary N) is 1. The maximum absolute atomic E-state index is 11.0. The van der Waals surface area contributed by atoms with E-state index in [9.17, 15) is 4.79 Å². The number of carboxylic acid groups (broad SMARTS) is 1. The average molecular weight is 229 g/mol. The molecule has 3 nitrogen and oxygen atoms in total. The maximum atomic E-state index is 11.0. The minimum absolute atomic E-state index is 0.285. The van der Waals surface area contributed by atoms with E-state index < -0.39 is 5.97 Å². The standard InChI is InChI=1S/C13H27NO2/c1-5-7-8-12(13(15)16)14-11(4)9-10(3)6-2/h10-12,14H,5-9H2,1-4H3,(H,15,16). The molecule has 0 amide bonds. The lowest BCUT2D eigenvalue weighted by molar-refractivity contribution is -0.139. The van der Waals surface area contributed by atoms with Crippen LogP contribution in [-0.4, -0.2) is 23.2 Å². The summed E-state index contributed by atoms with van der Waals surface area (Å²) in [6.07, 6.45) is 4.95. The van der Waals surface area contributed by atoms with Crippen molar-refractivity contribution >= 4 is 5.97 Å². The van der Waals surface area contributed by atoms with Gasteiger partial charge in [-0.2, -0.15) is 0 Å². The molecule has 0 fully saturated rings. The van der Waals surface area contributed by atoms with E-state index in [1.165, 1.54) is 0 Å². The molecule has 0 saturated heterocycles.